The fraction of sp³-hybridized carbons (Fsp3) is 0.0625. The molecular formula is C32H22N2O5S. The van der Waals surface area contributed by atoms with Gasteiger partial charge in [0.1, 0.15) is 12.4 Å². The number of ether oxygens (including phenoxy) is 1. The van der Waals surface area contributed by atoms with Crippen LogP contribution >= 0.6 is 11.8 Å². The van der Waals surface area contributed by atoms with Gasteiger partial charge in [0.15, 0.2) is 0 Å². The summed E-state index contributed by atoms with van der Waals surface area (Å²) < 4.78 is 6.14. The van der Waals surface area contributed by atoms with Crippen LogP contribution in [0.2, 0.25) is 0 Å². The Morgan fingerprint density at radius 3 is 2.23 bits per heavy atom. The Hall–Kier alpha value is -4.95. The largest absolute Gasteiger partial charge is 0.488 e. The number of non-ortho nitro benzene ring substituents is 1. The second kappa shape index (κ2) is 10.7. The predicted molar refractivity (Wildman–Crippen MR) is 157 cm³/mol. The molecule has 0 bridgehead atoms. The molecule has 0 aromatic heterocycles. The lowest BCUT2D eigenvalue weighted by molar-refractivity contribution is -0.384. The summed E-state index contributed by atoms with van der Waals surface area (Å²) in [5.41, 5.74) is 2.36. The van der Waals surface area contributed by atoms with Crippen LogP contribution in [0.15, 0.2) is 108 Å². The summed E-state index contributed by atoms with van der Waals surface area (Å²) in [6.45, 7) is 0.363. The Labute approximate surface area is 233 Å². The first kappa shape index (κ1) is 25.3. The molecule has 0 saturated carbocycles. The number of thioether (sulfide) groups is 1. The molecule has 0 N–H and O–H groups in total. The van der Waals surface area contributed by atoms with Gasteiger partial charge >= 0.3 is 0 Å². The number of nitrogens with zero attached hydrogens (tertiary/aromatic N) is 2. The Kier molecular flexibility index (Phi) is 6.76. The van der Waals surface area contributed by atoms with E-state index in [1.165, 1.54) is 17.0 Å². The van der Waals surface area contributed by atoms with Crippen molar-refractivity contribution in [3.63, 3.8) is 0 Å². The van der Waals surface area contributed by atoms with E-state index in [9.17, 15) is 19.7 Å². The van der Waals surface area contributed by atoms with Crippen LogP contribution < -0.4 is 4.74 Å². The SMILES string of the molecule is O=C1S/C(=C/c2c(OCc3ccc([N+](=O)[O-])cc3)ccc3ccccc23)C(=O)N1Cc1cccc2ccccc12. The van der Waals surface area contributed by atoms with Gasteiger partial charge in [-0.3, -0.25) is 24.6 Å². The molecule has 0 spiro atoms. The topological polar surface area (TPSA) is 89.7 Å². The van der Waals surface area contributed by atoms with Crippen molar-refractivity contribution in [3.05, 3.63) is 135 Å². The van der Waals surface area contributed by atoms with Gasteiger partial charge in [-0.1, -0.05) is 72.8 Å². The molecule has 6 rings (SSSR count). The van der Waals surface area contributed by atoms with Crippen LogP contribution in [0.5, 0.6) is 5.75 Å². The lowest BCUT2D eigenvalue weighted by Gasteiger charge is -2.15. The third kappa shape index (κ3) is 4.92. The molecule has 1 saturated heterocycles. The minimum Gasteiger partial charge on any atom is -0.488 e. The highest BCUT2D eigenvalue weighted by atomic mass is 32.2. The number of nitro benzene ring substituents is 1. The van der Waals surface area contributed by atoms with Gasteiger partial charge in [0.25, 0.3) is 16.8 Å². The molecular weight excluding hydrogens is 524 g/mol. The number of benzene rings is 5. The molecule has 1 fully saturated rings. The predicted octanol–water partition coefficient (Wildman–Crippen LogP) is 7.72. The summed E-state index contributed by atoms with van der Waals surface area (Å²) in [4.78, 5) is 38.6. The van der Waals surface area contributed by atoms with Crippen molar-refractivity contribution >= 4 is 56.2 Å². The van der Waals surface area contributed by atoms with Gasteiger partial charge in [-0.2, -0.15) is 0 Å². The quantitative estimate of drug-likeness (QED) is 0.118. The first-order chi connectivity index (χ1) is 19.5. The molecule has 0 atom stereocenters. The molecule has 5 aromatic carbocycles. The van der Waals surface area contributed by atoms with Gasteiger partial charge in [-0.05, 0) is 68.7 Å². The molecule has 1 aliphatic rings. The second-order valence-electron chi connectivity index (χ2n) is 9.32. The van der Waals surface area contributed by atoms with E-state index in [1.54, 1.807) is 18.2 Å². The zero-order valence-electron chi connectivity index (χ0n) is 21.2. The van der Waals surface area contributed by atoms with Crippen molar-refractivity contribution in [2.45, 2.75) is 13.2 Å². The van der Waals surface area contributed by atoms with E-state index in [2.05, 4.69) is 0 Å². The average Bonchev–Trinajstić information content (AvgIpc) is 3.24. The number of carbonyl (C=O) groups is 2. The van der Waals surface area contributed by atoms with Crippen molar-refractivity contribution in [2.75, 3.05) is 0 Å². The Morgan fingerprint density at radius 1 is 0.800 bits per heavy atom. The molecule has 0 unspecified atom stereocenters. The molecule has 2 amide bonds. The number of amides is 2. The van der Waals surface area contributed by atoms with Gasteiger partial charge in [-0.15, -0.1) is 0 Å². The van der Waals surface area contributed by atoms with Crippen molar-refractivity contribution in [1.82, 2.24) is 4.90 Å². The zero-order chi connectivity index (χ0) is 27.6. The highest BCUT2D eigenvalue weighted by Crippen LogP contribution is 2.38. The molecule has 7 nitrogen and oxygen atoms in total. The van der Waals surface area contributed by atoms with E-state index in [1.807, 2.05) is 78.9 Å². The van der Waals surface area contributed by atoms with Gasteiger partial charge in [0, 0.05) is 17.7 Å². The monoisotopic (exact) mass is 546 g/mol. The first-order valence-corrected chi connectivity index (χ1v) is 13.4. The molecule has 0 aliphatic carbocycles. The fourth-order valence-electron chi connectivity index (χ4n) is 4.79. The van der Waals surface area contributed by atoms with Gasteiger partial charge in [-0.25, -0.2) is 0 Å². The van der Waals surface area contributed by atoms with E-state index in [0.717, 1.165) is 44.4 Å². The summed E-state index contributed by atoms with van der Waals surface area (Å²) in [5, 5.41) is 14.5. The molecule has 1 aliphatic heterocycles. The number of fused-ring (bicyclic) bond motifs is 2. The maximum Gasteiger partial charge on any atom is 0.293 e. The maximum absolute atomic E-state index is 13.5. The van der Waals surface area contributed by atoms with E-state index in [4.69, 9.17) is 4.74 Å². The number of rotatable bonds is 7. The molecule has 5 aromatic rings. The Morgan fingerprint density at radius 2 is 1.48 bits per heavy atom. The fourth-order valence-corrected chi connectivity index (χ4v) is 5.61. The molecule has 196 valence electrons. The van der Waals surface area contributed by atoms with Crippen LogP contribution in [0.25, 0.3) is 27.6 Å². The number of carbonyl (C=O) groups excluding carboxylic acids is 2. The van der Waals surface area contributed by atoms with Crippen LogP contribution in [0.1, 0.15) is 16.7 Å². The first-order valence-electron chi connectivity index (χ1n) is 12.6. The second-order valence-corrected chi connectivity index (χ2v) is 10.3. The van der Waals surface area contributed by atoms with Crippen molar-refractivity contribution in [2.24, 2.45) is 0 Å². The van der Waals surface area contributed by atoms with Crippen LogP contribution in [-0.2, 0) is 17.9 Å². The summed E-state index contributed by atoms with van der Waals surface area (Å²) in [5.74, 6) is 0.190. The number of imide groups is 1. The van der Waals surface area contributed by atoms with Crippen LogP contribution in [0.4, 0.5) is 10.5 Å². The van der Waals surface area contributed by atoms with Crippen LogP contribution in [0.3, 0.4) is 0 Å². The van der Waals surface area contributed by atoms with E-state index >= 15 is 0 Å². The van der Waals surface area contributed by atoms with Crippen molar-refractivity contribution < 1.29 is 19.2 Å². The normalized spacial score (nSPS) is 14.4. The number of nitro groups is 1. The summed E-state index contributed by atoms with van der Waals surface area (Å²) in [6.07, 6.45) is 1.72. The van der Waals surface area contributed by atoms with E-state index in [-0.39, 0.29) is 30.0 Å². The molecule has 0 radical (unpaired) electrons. The number of hydrogen-bond donors (Lipinski definition) is 0. The van der Waals surface area contributed by atoms with Crippen molar-refractivity contribution in [3.8, 4) is 5.75 Å². The highest BCUT2D eigenvalue weighted by molar-refractivity contribution is 8.18. The summed E-state index contributed by atoms with van der Waals surface area (Å²) in [6, 6.07) is 31.5. The summed E-state index contributed by atoms with van der Waals surface area (Å²) >= 11 is 0.916. The lowest BCUT2D eigenvalue weighted by Crippen LogP contribution is -2.27. The minimum absolute atomic E-state index is 0.00868. The average molecular weight is 547 g/mol. The number of hydrogen-bond acceptors (Lipinski definition) is 6. The van der Waals surface area contributed by atoms with Gasteiger partial charge < -0.3 is 4.74 Å². The van der Waals surface area contributed by atoms with Crippen molar-refractivity contribution in [1.29, 1.82) is 0 Å². The molecule has 1 heterocycles. The highest BCUT2D eigenvalue weighted by Gasteiger charge is 2.35. The minimum atomic E-state index is -0.445. The van der Waals surface area contributed by atoms with E-state index < -0.39 is 4.92 Å². The van der Waals surface area contributed by atoms with Crippen LogP contribution in [0, 0.1) is 10.1 Å². The summed E-state index contributed by atoms with van der Waals surface area (Å²) in [7, 11) is 0. The maximum atomic E-state index is 13.5. The van der Waals surface area contributed by atoms with Gasteiger partial charge in [0.05, 0.1) is 16.4 Å². The van der Waals surface area contributed by atoms with Crippen LogP contribution in [-0.4, -0.2) is 21.0 Å². The molecule has 40 heavy (non-hydrogen) atoms. The lowest BCUT2D eigenvalue weighted by atomic mass is 10.0. The standard InChI is InChI=1S/C32H22N2O5S/c35-31-30(40-32(36)33(31)19-24-9-5-8-22-6-1-3-10-26(22)24)18-28-27-11-4-2-7-23(27)14-17-29(28)39-20-21-12-15-25(16-13-21)34(37)38/h1-18H,19-20H2/b30-18+. The zero-order valence-corrected chi connectivity index (χ0v) is 22.0. The smallest absolute Gasteiger partial charge is 0.293 e. The third-order valence-corrected chi connectivity index (χ3v) is 7.74. The Bertz CT molecular complexity index is 1830. The van der Waals surface area contributed by atoms with Gasteiger partial charge in [0.2, 0.25) is 0 Å². The Balaban J connectivity index is 1.31. The van der Waals surface area contributed by atoms with E-state index in [0.29, 0.717) is 16.2 Å². The molecule has 8 heteroatoms. The third-order valence-electron chi connectivity index (χ3n) is 6.83.